The van der Waals surface area contributed by atoms with Crippen LogP contribution in [0, 0.1) is 5.82 Å². The summed E-state index contributed by atoms with van der Waals surface area (Å²) in [4.78, 5) is 18.7. The highest BCUT2D eigenvalue weighted by Gasteiger charge is 2.30. The molecule has 0 N–H and O–H groups in total. The van der Waals surface area contributed by atoms with Gasteiger partial charge in [-0.2, -0.15) is 0 Å². The highest BCUT2D eigenvalue weighted by molar-refractivity contribution is 8.18. The highest BCUT2D eigenvalue weighted by atomic mass is 32.2. The number of amidine groups is 1. The van der Waals surface area contributed by atoms with E-state index in [1.54, 1.807) is 44.5 Å². The Bertz CT molecular complexity index is 927. The van der Waals surface area contributed by atoms with Crippen LogP contribution in [0.3, 0.4) is 0 Å². The summed E-state index contributed by atoms with van der Waals surface area (Å²) < 4.78 is 24.7. The summed E-state index contributed by atoms with van der Waals surface area (Å²) in [5.74, 6) is 0.617. The van der Waals surface area contributed by atoms with Crippen molar-refractivity contribution in [2.45, 2.75) is 6.92 Å². The number of benzene rings is 2. The maximum Gasteiger partial charge on any atom is 0.266 e. The summed E-state index contributed by atoms with van der Waals surface area (Å²) >= 11 is 1.20. The number of hydrogen-bond donors (Lipinski definition) is 0. The Balaban J connectivity index is 1.91. The van der Waals surface area contributed by atoms with Crippen LogP contribution in [0.1, 0.15) is 12.5 Å². The average molecular weight is 386 g/mol. The zero-order chi connectivity index (χ0) is 19.4. The van der Waals surface area contributed by atoms with Crippen molar-refractivity contribution in [2.24, 2.45) is 4.99 Å². The van der Waals surface area contributed by atoms with Gasteiger partial charge < -0.3 is 9.47 Å². The zero-order valence-corrected chi connectivity index (χ0v) is 16.0. The molecule has 0 aliphatic carbocycles. The van der Waals surface area contributed by atoms with Crippen LogP contribution in [0.25, 0.3) is 6.08 Å². The quantitative estimate of drug-likeness (QED) is 0.712. The van der Waals surface area contributed by atoms with E-state index in [0.29, 0.717) is 28.2 Å². The van der Waals surface area contributed by atoms with Crippen LogP contribution < -0.4 is 9.47 Å². The van der Waals surface area contributed by atoms with E-state index in [1.807, 2.05) is 19.1 Å². The number of thioether (sulfide) groups is 1. The van der Waals surface area contributed by atoms with Crippen LogP contribution in [0.5, 0.6) is 11.5 Å². The van der Waals surface area contributed by atoms with Gasteiger partial charge in [-0.25, -0.2) is 9.38 Å². The second-order valence-electron chi connectivity index (χ2n) is 5.66. The van der Waals surface area contributed by atoms with Crippen molar-refractivity contribution < 1.29 is 18.7 Å². The summed E-state index contributed by atoms with van der Waals surface area (Å²) in [5.41, 5.74) is 1.000. The van der Waals surface area contributed by atoms with Crippen LogP contribution in [0.2, 0.25) is 0 Å². The molecule has 0 spiro atoms. The molecule has 1 aliphatic rings. The van der Waals surface area contributed by atoms with Crippen molar-refractivity contribution in [3.05, 3.63) is 58.8 Å². The van der Waals surface area contributed by atoms with E-state index in [9.17, 15) is 9.18 Å². The molecule has 0 unspecified atom stereocenters. The van der Waals surface area contributed by atoms with Crippen LogP contribution in [0.4, 0.5) is 10.1 Å². The second-order valence-corrected chi connectivity index (χ2v) is 6.67. The fraction of sp³-hybridized carbons (Fsp3) is 0.200. The van der Waals surface area contributed by atoms with E-state index in [1.165, 1.54) is 22.7 Å². The number of likely N-dealkylation sites (N-methyl/N-ethyl adjacent to an activating group) is 1. The fourth-order valence-corrected chi connectivity index (χ4v) is 3.48. The Morgan fingerprint density at radius 2 is 2.00 bits per heavy atom. The summed E-state index contributed by atoms with van der Waals surface area (Å²) in [6.45, 7) is 2.40. The van der Waals surface area contributed by atoms with Crippen LogP contribution >= 0.6 is 11.8 Å². The lowest BCUT2D eigenvalue weighted by molar-refractivity contribution is -0.121. The van der Waals surface area contributed by atoms with Gasteiger partial charge in [0.15, 0.2) is 16.7 Å². The molecule has 0 bridgehead atoms. The number of para-hydroxylation sites is 1. The Morgan fingerprint density at radius 3 is 2.70 bits per heavy atom. The molecule has 0 radical (unpaired) electrons. The molecule has 2 aromatic rings. The Kier molecular flexibility index (Phi) is 5.81. The third kappa shape index (κ3) is 4.14. The molecular weight excluding hydrogens is 367 g/mol. The molecule has 1 aliphatic heterocycles. The summed E-state index contributed by atoms with van der Waals surface area (Å²) in [7, 11) is 3.20. The molecule has 0 atom stereocenters. The number of carbonyl (C=O) groups excluding carboxylic acids is 1. The number of carbonyl (C=O) groups is 1. The number of hydrogen-bond acceptors (Lipinski definition) is 5. The molecular formula is C20H19FN2O3S. The van der Waals surface area contributed by atoms with Crippen molar-refractivity contribution >= 4 is 34.6 Å². The van der Waals surface area contributed by atoms with E-state index >= 15 is 0 Å². The zero-order valence-electron chi connectivity index (χ0n) is 15.2. The smallest absolute Gasteiger partial charge is 0.266 e. The molecule has 140 valence electrons. The topological polar surface area (TPSA) is 51.1 Å². The van der Waals surface area contributed by atoms with Gasteiger partial charge in [-0.15, -0.1) is 0 Å². The number of nitrogens with zero attached hydrogens (tertiary/aromatic N) is 2. The normalized spacial score (nSPS) is 17.0. The average Bonchev–Trinajstić information content (AvgIpc) is 2.92. The van der Waals surface area contributed by atoms with Gasteiger partial charge in [-0.3, -0.25) is 9.69 Å². The van der Waals surface area contributed by atoms with Gasteiger partial charge in [0.05, 0.1) is 18.6 Å². The molecule has 27 heavy (non-hydrogen) atoms. The third-order valence-electron chi connectivity index (χ3n) is 3.86. The lowest BCUT2D eigenvalue weighted by Gasteiger charge is -2.09. The number of halogens is 1. The van der Waals surface area contributed by atoms with Crippen molar-refractivity contribution in [1.29, 1.82) is 0 Å². The molecule has 5 nitrogen and oxygen atoms in total. The lowest BCUT2D eigenvalue weighted by atomic mass is 10.2. The van der Waals surface area contributed by atoms with Gasteiger partial charge in [0.1, 0.15) is 11.5 Å². The fourth-order valence-electron chi connectivity index (χ4n) is 2.50. The van der Waals surface area contributed by atoms with Gasteiger partial charge in [-0.05, 0) is 54.6 Å². The molecule has 1 saturated heterocycles. The second kappa shape index (κ2) is 8.26. The summed E-state index contributed by atoms with van der Waals surface area (Å²) in [6, 6.07) is 11.7. The first-order chi connectivity index (χ1) is 13.0. The van der Waals surface area contributed by atoms with Gasteiger partial charge in [0.2, 0.25) is 0 Å². The monoisotopic (exact) mass is 386 g/mol. The SMILES string of the molecule is CCOc1cc(/C=C2/SC(=Nc3ccccc3F)N(C)C2=O)ccc1OC. The number of aliphatic imine (C=N–C) groups is 1. The molecule has 1 fully saturated rings. The van der Waals surface area contributed by atoms with Crippen LogP contribution in [-0.4, -0.2) is 36.7 Å². The first-order valence-electron chi connectivity index (χ1n) is 8.35. The first-order valence-corrected chi connectivity index (χ1v) is 9.16. The molecule has 1 heterocycles. The summed E-state index contributed by atoms with van der Waals surface area (Å²) in [6.07, 6.45) is 1.76. The van der Waals surface area contributed by atoms with Gasteiger partial charge in [-0.1, -0.05) is 18.2 Å². The minimum Gasteiger partial charge on any atom is -0.493 e. The molecule has 0 saturated carbocycles. The highest BCUT2D eigenvalue weighted by Crippen LogP contribution is 2.35. The Labute approximate surface area is 161 Å². The van der Waals surface area contributed by atoms with Crippen molar-refractivity contribution in [1.82, 2.24) is 4.90 Å². The number of rotatable bonds is 5. The minimum absolute atomic E-state index is 0.191. The van der Waals surface area contributed by atoms with Crippen LogP contribution in [-0.2, 0) is 4.79 Å². The van der Waals surface area contributed by atoms with Gasteiger partial charge in [0, 0.05) is 7.05 Å². The predicted octanol–water partition coefficient (Wildman–Crippen LogP) is 4.47. The van der Waals surface area contributed by atoms with E-state index in [4.69, 9.17) is 9.47 Å². The van der Waals surface area contributed by atoms with Crippen molar-refractivity contribution in [2.75, 3.05) is 20.8 Å². The lowest BCUT2D eigenvalue weighted by Crippen LogP contribution is -2.23. The number of methoxy groups -OCH3 is 1. The maximum atomic E-state index is 13.8. The Morgan fingerprint density at radius 1 is 1.22 bits per heavy atom. The standard InChI is InChI=1S/C20H19FN2O3S/c1-4-26-17-11-13(9-10-16(17)25-3)12-18-19(24)23(2)20(27-18)22-15-8-6-5-7-14(15)21/h5-12H,4H2,1-3H3/b18-12+,22-20?. The first kappa shape index (κ1) is 19.0. The summed E-state index contributed by atoms with van der Waals surface area (Å²) in [5, 5.41) is 0.426. The van der Waals surface area contributed by atoms with E-state index in [-0.39, 0.29) is 11.6 Å². The molecule has 7 heteroatoms. The van der Waals surface area contributed by atoms with Gasteiger partial charge >= 0.3 is 0 Å². The van der Waals surface area contributed by atoms with Crippen molar-refractivity contribution in [3.63, 3.8) is 0 Å². The number of amides is 1. The van der Waals surface area contributed by atoms with Crippen molar-refractivity contribution in [3.8, 4) is 11.5 Å². The molecule has 1 amide bonds. The number of ether oxygens (including phenoxy) is 2. The van der Waals surface area contributed by atoms with E-state index in [2.05, 4.69) is 4.99 Å². The van der Waals surface area contributed by atoms with Gasteiger partial charge in [0.25, 0.3) is 5.91 Å². The Hall–Kier alpha value is -2.80. The third-order valence-corrected chi connectivity index (χ3v) is 4.92. The molecule has 3 rings (SSSR count). The molecule has 0 aromatic heterocycles. The van der Waals surface area contributed by atoms with Crippen LogP contribution in [0.15, 0.2) is 52.4 Å². The minimum atomic E-state index is -0.430. The molecule has 2 aromatic carbocycles. The van der Waals surface area contributed by atoms with E-state index in [0.717, 1.165) is 5.56 Å². The maximum absolute atomic E-state index is 13.8. The predicted molar refractivity (Wildman–Crippen MR) is 106 cm³/mol. The largest absolute Gasteiger partial charge is 0.493 e. The van der Waals surface area contributed by atoms with E-state index < -0.39 is 5.82 Å².